The summed E-state index contributed by atoms with van der Waals surface area (Å²) in [7, 11) is 0. The Morgan fingerprint density at radius 3 is 2.63 bits per heavy atom. The molecule has 1 fully saturated rings. The van der Waals surface area contributed by atoms with Crippen molar-refractivity contribution < 1.29 is 24.6 Å². The third kappa shape index (κ3) is 3.71. The van der Waals surface area contributed by atoms with E-state index in [4.69, 9.17) is 9.94 Å². The van der Waals surface area contributed by atoms with Crippen LogP contribution in [0.15, 0.2) is 54.6 Å². The van der Waals surface area contributed by atoms with Crippen LogP contribution in [0.2, 0.25) is 0 Å². The van der Waals surface area contributed by atoms with E-state index in [-0.39, 0.29) is 12.8 Å². The number of nitrogens with zero attached hydrogens (tertiary/aromatic N) is 1. The van der Waals surface area contributed by atoms with Crippen LogP contribution in [0.3, 0.4) is 0 Å². The first-order valence-electron chi connectivity index (χ1n) is 9.67. The number of rotatable bonds is 7. The predicted molar refractivity (Wildman–Crippen MR) is 109 cm³/mol. The molecule has 0 aliphatic heterocycles. The van der Waals surface area contributed by atoms with Crippen LogP contribution in [0.1, 0.15) is 23.2 Å². The van der Waals surface area contributed by atoms with Crippen LogP contribution in [0, 0.1) is 18.3 Å². The molecular formula is C23H22N2O5. The van der Waals surface area contributed by atoms with E-state index in [1.807, 2.05) is 49.4 Å². The summed E-state index contributed by atoms with van der Waals surface area (Å²) in [5.41, 5.74) is 4.08. The van der Waals surface area contributed by atoms with E-state index in [2.05, 4.69) is 4.98 Å². The van der Waals surface area contributed by atoms with Gasteiger partial charge in [-0.25, -0.2) is 5.48 Å². The van der Waals surface area contributed by atoms with Gasteiger partial charge in [-0.05, 0) is 49.6 Å². The third-order valence-electron chi connectivity index (χ3n) is 5.70. The maximum atomic E-state index is 11.7. The number of carboxylic acid groups (broad SMARTS) is 1. The molecule has 7 nitrogen and oxygen atoms in total. The van der Waals surface area contributed by atoms with Crippen molar-refractivity contribution in [1.82, 2.24) is 10.5 Å². The van der Waals surface area contributed by atoms with Crippen molar-refractivity contribution >= 4 is 22.8 Å². The van der Waals surface area contributed by atoms with Crippen molar-refractivity contribution in [3.63, 3.8) is 0 Å². The largest absolute Gasteiger partial charge is 0.489 e. The highest BCUT2D eigenvalue weighted by Gasteiger charge is 2.63. The van der Waals surface area contributed by atoms with E-state index in [1.54, 1.807) is 17.6 Å². The van der Waals surface area contributed by atoms with E-state index in [0.717, 1.165) is 27.7 Å². The molecule has 0 bridgehead atoms. The Bertz CT molecular complexity index is 1110. The summed E-state index contributed by atoms with van der Waals surface area (Å²) in [5.74, 6) is -1.74. The third-order valence-corrected chi connectivity index (χ3v) is 5.70. The van der Waals surface area contributed by atoms with Crippen LogP contribution in [-0.2, 0) is 22.6 Å². The van der Waals surface area contributed by atoms with Gasteiger partial charge in [0.05, 0.1) is 16.8 Å². The van der Waals surface area contributed by atoms with E-state index in [9.17, 15) is 14.7 Å². The van der Waals surface area contributed by atoms with E-state index in [1.165, 1.54) is 0 Å². The molecule has 0 unspecified atom stereocenters. The van der Waals surface area contributed by atoms with Crippen molar-refractivity contribution in [2.75, 3.05) is 0 Å². The molecule has 2 atom stereocenters. The number of carbonyl (C=O) groups excluding carboxylic acids is 1. The molecule has 3 N–H and O–H groups in total. The minimum atomic E-state index is -1.16. The standard InChI is InChI=1S/C23H22N2O5/c1-14-10-16(18-4-2-3-5-20(18)24-14)13-30-17-8-6-15(7-9-17)11-23(22(27)28)12-19(23)21(26)25-29/h2-10,19,29H,11-13H2,1H3,(H,25,26)(H,27,28)/t19-,23+/m1/s1. The molecule has 0 radical (unpaired) electrons. The fraction of sp³-hybridized carbons (Fsp3) is 0.261. The average Bonchev–Trinajstić information content (AvgIpc) is 3.48. The molecule has 2 aromatic carbocycles. The maximum absolute atomic E-state index is 11.7. The first-order valence-corrected chi connectivity index (χ1v) is 9.67. The van der Waals surface area contributed by atoms with Gasteiger partial charge in [0.2, 0.25) is 5.91 Å². The van der Waals surface area contributed by atoms with Crippen molar-refractivity contribution in [2.45, 2.75) is 26.4 Å². The zero-order valence-electron chi connectivity index (χ0n) is 16.5. The Kier molecular flexibility index (Phi) is 5.13. The number of aliphatic carboxylic acids is 1. The van der Waals surface area contributed by atoms with Crippen molar-refractivity contribution in [1.29, 1.82) is 0 Å². The number of aromatic nitrogens is 1. The second kappa shape index (κ2) is 7.76. The number of carbonyl (C=O) groups is 2. The lowest BCUT2D eigenvalue weighted by atomic mass is 9.93. The number of ether oxygens (including phenoxy) is 1. The van der Waals surface area contributed by atoms with E-state index >= 15 is 0 Å². The fourth-order valence-electron chi connectivity index (χ4n) is 3.98. The highest BCUT2D eigenvalue weighted by Crippen LogP contribution is 2.55. The number of hydroxylamine groups is 1. The SMILES string of the molecule is Cc1cc(COc2ccc(C[C@]3(C(=O)O)C[C@@H]3C(=O)NO)cc2)c2ccccc2n1. The molecule has 1 heterocycles. The summed E-state index contributed by atoms with van der Waals surface area (Å²) in [4.78, 5) is 27.8. The van der Waals surface area contributed by atoms with Crippen molar-refractivity contribution in [3.8, 4) is 5.75 Å². The highest BCUT2D eigenvalue weighted by molar-refractivity contribution is 5.92. The molecule has 0 spiro atoms. The monoisotopic (exact) mass is 406 g/mol. The smallest absolute Gasteiger partial charge is 0.310 e. The van der Waals surface area contributed by atoms with Gasteiger partial charge in [0.1, 0.15) is 12.4 Å². The Hall–Kier alpha value is -3.45. The minimum Gasteiger partial charge on any atom is -0.489 e. The molecule has 1 saturated carbocycles. The molecule has 154 valence electrons. The average molecular weight is 406 g/mol. The highest BCUT2D eigenvalue weighted by atomic mass is 16.5. The molecule has 1 amide bonds. The first kappa shape index (κ1) is 19.8. The van der Waals surface area contributed by atoms with Gasteiger partial charge in [0, 0.05) is 16.6 Å². The topological polar surface area (TPSA) is 109 Å². The van der Waals surface area contributed by atoms with Gasteiger partial charge in [-0.3, -0.25) is 19.8 Å². The zero-order chi connectivity index (χ0) is 21.3. The summed E-state index contributed by atoms with van der Waals surface area (Å²) in [6.45, 7) is 2.34. The molecule has 1 aliphatic rings. The molecule has 30 heavy (non-hydrogen) atoms. The van der Waals surface area contributed by atoms with Gasteiger partial charge in [-0.1, -0.05) is 30.3 Å². The Morgan fingerprint density at radius 2 is 1.93 bits per heavy atom. The van der Waals surface area contributed by atoms with Gasteiger partial charge < -0.3 is 9.84 Å². The fourth-order valence-corrected chi connectivity index (χ4v) is 3.98. The summed E-state index contributed by atoms with van der Waals surface area (Å²) >= 11 is 0. The molecular weight excluding hydrogens is 384 g/mol. The number of benzene rings is 2. The van der Waals surface area contributed by atoms with Crippen LogP contribution in [0.4, 0.5) is 0 Å². The van der Waals surface area contributed by atoms with Crippen LogP contribution in [0.5, 0.6) is 5.75 Å². The first-order chi connectivity index (χ1) is 14.4. The summed E-state index contributed by atoms with van der Waals surface area (Å²) in [6.07, 6.45) is 0.427. The van der Waals surface area contributed by atoms with Gasteiger partial charge in [0.15, 0.2) is 0 Å². The summed E-state index contributed by atoms with van der Waals surface area (Å²) in [5, 5.41) is 19.4. The lowest BCUT2D eigenvalue weighted by Crippen LogP contribution is -2.29. The number of aryl methyl sites for hydroxylation is 1. The Labute approximate surface area is 173 Å². The van der Waals surface area contributed by atoms with E-state index < -0.39 is 23.2 Å². The van der Waals surface area contributed by atoms with Gasteiger partial charge in [-0.2, -0.15) is 0 Å². The van der Waals surface area contributed by atoms with Crippen molar-refractivity contribution in [2.24, 2.45) is 11.3 Å². The number of amides is 1. The normalized spacial score (nSPS) is 20.0. The lowest BCUT2D eigenvalue weighted by Gasteiger charge is -2.13. The van der Waals surface area contributed by atoms with Crippen LogP contribution >= 0.6 is 0 Å². The summed E-state index contributed by atoms with van der Waals surface area (Å²) < 4.78 is 5.94. The number of carboxylic acids is 1. The van der Waals surface area contributed by atoms with Gasteiger partial charge in [-0.15, -0.1) is 0 Å². The van der Waals surface area contributed by atoms with Crippen LogP contribution in [-0.4, -0.2) is 27.2 Å². The lowest BCUT2D eigenvalue weighted by molar-refractivity contribution is -0.146. The predicted octanol–water partition coefficient (Wildman–Crippen LogP) is 3.26. The quantitative estimate of drug-likeness (QED) is 0.411. The van der Waals surface area contributed by atoms with Crippen LogP contribution < -0.4 is 10.2 Å². The second-order valence-corrected chi connectivity index (χ2v) is 7.74. The van der Waals surface area contributed by atoms with Crippen LogP contribution in [0.25, 0.3) is 10.9 Å². The maximum Gasteiger partial charge on any atom is 0.310 e. The summed E-state index contributed by atoms with van der Waals surface area (Å²) in [6, 6.07) is 17.1. The van der Waals surface area contributed by atoms with Gasteiger partial charge in [0.25, 0.3) is 0 Å². The van der Waals surface area contributed by atoms with E-state index in [0.29, 0.717) is 12.4 Å². The number of hydrogen-bond acceptors (Lipinski definition) is 5. The number of fused-ring (bicyclic) bond motifs is 1. The molecule has 1 aliphatic carbocycles. The molecule has 7 heteroatoms. The number of nitrogens with one attached hydrogen (secondary N) is 1. The Morgan fingerprint density at radius 1 is 1.20 bits per heavy atom. The molecule has 0 saturated heterocycles. The van der Waals surface area contributed by atoms with Gasteiger partial charge >= 0.3 is 5.97 Å². The van der Waals surface area contributed by atoms with Crippen molar-refractivity contribution in [3.05, 3.63) is 71.4 Å². The minimum absolute atomic E-state index is 0.210. The number of hydrogen-bond donors (Lipinski definition) is 3. The zero-order valence-corrected chi connectivity index (χ0v) is 16.5. The number of para-hydroxylation sites is 1. The Balaban J connectivity index is 1.45. The molecule has 1 aromatic heterocycles. The molecule has 4 rings (SSSR count). The second-order valence-electron chi connectivity index (χ2n) is 7.74. The molecule has 3 aromatic rings. The number of pyridine rings is 1.